The summed E-state index contributed by atoms with van der Waals surface area (Å²) in [5, 5.41) is 0. The van der Waals surface area contributed by atoms with Crippen molar-refractivity contribution in [1.29, 1.82) is 0 Å². The largest absolute Gasteiger partial charge is 0.398 e. The van der Waals surface area contributed by atoms with Gasteiger partial charge < -0.3 is 10.3 Å². The van der Waals surface area contributed by atoms with Crippen molar-refractivity contribution >= 4 is 32.7 Å². The first kappa shape index (κ1) is 10.5. The summed E-state index contributed by atoms with van der Waals surface area (Å²) in [5.74, 6) is 0.610. The highest BCUT2D eigenvalue weighted by atomic mass is 79.9. The van der Waals surface area contributed by atoms with E-state index in [4.69, 9.17) is 5.73 Å². The molecule has 2 N–H and O–H groups in total. The Hall–Kier alpha value is -1.03. The number of halogens is 1. The van der Waals surface area contributed by atoms with Gasteiger partial charge in [0.1, 0.15) is 5.52 Å². The molecule has 4 heteroatoms. The Morgan fingerprint density at radius 1 is 1.47 bits per heavy atom. The van der Waals surface area contributed by atoms with Gasteiger partial charge in [-0.3, -0.25) is 0 Å². The van der Waals surface area contributed by atoms with Crippen LogP contribution in [0.15, 0.2) is 22.9 Å². The second-order valence-corrected chi connectivity index (χ2v) is 4.92. The molecule has 0 saturated carbocycles. The zero-order valence-electron chi connectivity index (χ0n) is 8.87. The van der Waals surface area contributed by atoms with E-state index < -0.39 is 0 Å². The molecule has 0 saturated heterocycles. The molecule has 0 amide bonds. The fourth-order valence-electron chi connectivity index (χ4n) is 1.65. The number of anilines is 1. The van der Waals surface area contributed by atoms with E-state index in [-0.39, 0.29) is 0 Å². The first-order valence-electron chi connectivity index (χ1n) is 4.98. The molecule has 1 aromatic heterocycles. The number of fused-ring (bicyclic) bond motifs is 1. The van der Waals surface area contributed by atoms with Gasteiger partial charge in [0, 0.05) is 12.2 Å². The minimum absolute atomic E-state index is 0.610. The molecule has 0 aliphatic carbocycles. The molecule has 0 unspecified atom stereocenters. The summed E-state index contributed by atoms with van der Waals surface area (Å²) < 4.78 is 3.05. The third kappa shape index (κ3) is 1.86. The number of imidazole rings is 1. The summed E-state index contributed by atoms with van der Waals surface area (Å²) in [4.78, 5) is 4.37. The van der Waals surface area contributed by atoms with Gasteiger partial charge in [-0.2, -0.15) is 0 Å². The van der Waals surface area contributed by atoms with E-state index in [1.54, 1.807) is 0 Å². The molecule has 0 fully saturated rings. The van der Waals surface area contributed by atoms with Crippen LogP contribution in [0.1, 0.15) is 13.8 Å². The lowest BCUT2D eigenvalue weighted by Gasteiger charge is -2.07. The SMILES string of the molecule is CC(C)Cn1cnc2c(Br)c(N)ccc21. The molecular weight excluding hydrogens is 254 g/mol. The number of nitrogens with zero attached hydrogens (tertiary/aromatic N) is 2. The van der Waals surface area contributed by atoms with Crippen molar-refractivity contribution in [3.63, 3.8) is 0 Å². The molecule has 80 valence electrons. The standard InChI is InChI=1S/C11H14BrN3/c1-7(2)5-15-6-14-11-9(15)4-3-8(13)10(11)12/h3-4,6-7H,5,13H2,1-2H3. The smallest absolute Gasteiger partial charge is 0.105 e. The highest BCUT2D eigenvalue weighted by Gasteiger charge is 2.08. The lowest BCUT2D eigenvalue weighted by molar-refractivity contribution is 0.533. The molecule has 0 spiro atoms. The summed E-state index contributed by atoms with van der Waals surface area (Å²) >= 11 is 3.46. The molecular formula is C11H14BrN3. The Labute approximate surface area is 97.4 Å². The van der Waals surface area contributed by atoms with Crippen LogP contribution in [0.25, 0.3) is 11.0 Å². The zero-order chi connectivity index (χ0) is 11.0. The first-order chi connectivity index (χ1) is 7.09. The lowest BCUT2D eigenvalue weighted by atomic mass is 10.2. The van der Waals surface area contributed by atoms with Crippen LogP contribution in [0, 0.1) is 5.92 Å². The molecule has 2 aromatic rings. The number of hydrogen-bond donors (Lipinski definition) is 1. The lowest BCUT2D eigenvalue weighted by Crippen LogP contribution is -2.02. The molecule has 1 heterocycles. The van der Waals surface area contributed by atoms with Crippen molar-refractivity contribution in [3.8, 4) is 0 Å². The Morgan fingerprint density at radius 2 is 2.20 bits per heavy atom. The van der Waals surface area contributed by atoms with Crippen molar-refractivity contribution < 1.29 is 0 Å². The molecule has 0 bridgehead atoms. The highest BCUT2D eigenvalue weighted by molar-refractivity contribution is 9.10. The van der Waals surface area contributed by atoms with Crippen molar-refractivity contribution in [1.82, 2.24) is 9.55 Å². The number of rotatable bonds is 2. The van der Waals surface area contributed by atoms with Gasteiger partial charge in [0.15, 0.2) is 0 Å². The van der Waals surface area contributed by atoms with Crippen LogP contribution in [0.5, 0.6) is 0 Å². The first-order valence-corrected chi connectivity index (χ1v) is 5.77. The predicted molar refractivity (Wildman–Crippen MR) is 66.7 cm³/mol. The minimum Gasteiger partial charge on any atom is -0.398 e. The van der Waals surface area contributed by atoms with Crippen molar-refractivity contribution in [2.75, 3.05) is 5.73 Å². The molecule has 0 aliphatic rings. The van der Waals surface area contributed by atoms with Crippen LogP contribution < -0.4 is 5.73 Å². The van der Waals surface area contributed by atoms with Gasteiger partial charge in [-0.1, -0.05) is 13.8 Å². The van der Waals surface area contributed by atoms with Crippen LogP contribution in [-0.4, -0.2) is 9.55 Å². The summed E-state index contributed by atoms with van der Waals surface area (Å²) in [7, 11) is 0. The summed E-state index contributed by atoms with van der Waals surface area (Å²) in [6.45, 7) is 5.36. The summed E-state index contributed by atoms with van der Waals surface area (Å²) in [6, 6.07) is 3.93. The third-order valence-electron chi connectivity index (χ3n) is 2.32. The molecule has 3 nitrogen and oxygen atoms in total. The van der Waals surface area contributed by atoms with Crippen LogP contribution in [-0.2, 0) is 6.54 Å². The number of nitrogens with two attached hydrogens (primary N) is 1. The summed E-state index contributed by atoms with van der Waals surface area (Å²) in [6.07, 6.45) is 1.87. The van der Waals surface area contributed by atoms with Crippen LogP contribution >= 0.6 is 15.9 Å². The number of hydrogen-bond acceptors (Lipinski definition) is 2. The average Bonchev–Trinajstić information content (AvgIpc) is 2.55. The van der Waals surface area contributed by atoms with E-state index in [1.807, 2.05) is 18.5 Å². The maximum absolute atomic E-state index is 5.80. The number of benzene rings is 1. The third-order valence-corrected chi connectivity index (χ3v) is 3.16. The molecule has 0 radical (unpaired) electrons. The second kappa shape index (κ2) is 3.85. The van der Waals surface area contributed by atoms with Crippen molar-refractivity contribution in [2.45, 2.75) is 20.4 Å². The Bertz CT molecular complexity index is 488. The van der Waals surface area contributed by atoms with E-state index in [9.17, 15) is 0 Å². The van der Waals surface area contributed by atoms with Gasteiger partial charge in [0.25, 0.3) is 0 Å². The van der Waals surface area contributed by atoms with Crippen LogP contribution in [0.3, 0.4) is 0 Å². The van der Waals surface area contributed by atoms with Crippen LogP contribution in [0.4, 0.5) is 5.69 Å². The monoisotopic (exact) mass is 267 g/mol. The van der Waals surface area contributed by atoms with E-state index >= 15 is 0 Å². The normalized spacial score (nSPS) is 11.5. The van der Waals surface area contributed by atoms with E-state index in [0.717, 1.165) is 27.7 Å². The Balaban J connectivity index is 2.57. The van der Waals surface area contributed by atoms with E-state index in [2.05, 4.69) is 39.3 Å². The van der Waals surface area contributed by atoms with E-state index in [0.29, 0.717) is 5.92 Å². The molecule has 1 aromatic carbocycles. The van der Waals surface area contributed by atoms with Gasteiger partial charge in [-0.05, 0) is 34.0 Å². The van der Waals surface area contributed by atoms with Gasteiger partial charge in [0.2, 0.25) is 0 Å². The quantitative estimate of drug-likeness (QED) is 0.851. The molecule has 0 atom stereocenters. The second-order valence-electron chi connectivity index (χ2n) is 4.13. The fourth-order valence-corrected chi connectivity index (χ4v) is 2.09. The predicted octanol–water partition coefficient (Wildman–Crippen LogP) is 3.04. The van der Waals surface area contributed by atoms with Gasteiger partial charge >= 0.3 is 0 Å². The van der Waals surface area contributed by atoms with E-state index in [1.165, 1.54) is 0 Å². The zero-order valence-corrected chi connectivity index (χ0v) is 10.5. The number of aromatic nitrogens is 2. The average molecular weight is 268 g/mol. The Morgan fingerprint density at radius 3 is 2.87 bits per heavy atom. The van der Waals surface area contributed by atoms with Crippen LogP contribution in [0.2, 0.25) is 0 Å². The van der Waals surface area contributed by atoms with Crippen molar-refractivity contribution in [3.05, 3.63) is 22.9 Å². The molecule has 2 rings (SSSR count). The summed E-state index contributed by atoms with van der Waals surface area (Å²) in [5.41, 5.74) is 8.60. The van der Waals surface area contributed by atoms with Gasteiger partial charge in [-0.25, -0.2) is 4.98 Å². The minimum atomic E-state index is 0.610. The molecule has 15 heavy (non-hydrogen) atoms. The Kier molecular flexibility index (Phi) is 2.69. The maximum atomic E-state index is 5.80. The van der Waals surface area contributed by atoms with Crippen molar-refractivity contribution in [2.24, 2.45) is 5.92 Å². The van der Waals surface area contributed by atoms with Gasteiger partial charge in [0.05, 0.1) is 16.3 Å². The topological polar surface area (TPSA) is 43.8 Å². The highest BCUT2D eigenvalue weighted by Crippen LogP contribution is 2.28. The molecule has 0 aliphatic heterocycles. The van der Waals surface area contributed by atoms with Gasteiger partial charge in [-0.15, -0.1) is 0 Å². The number of nitrogen functional groups attached to an aromatic ring is 1. The maximum Gasteiger partial charge on any atom is 0.105 e. The fraction of sp³-hybridized carbons (Fsp3) is 0.364.